The molecule has 2 heterocycles. The highest BCUT2D eigenvalue weighted by molar-refractivity contribution is 4.67. The van der Waals surface area contributed by atoms with Crippen molar-refractivity contribution in [1.29, 1.82) is 0 Å². The molecule has 4 heteroatoms. The van der Waals surface area contributed by atoms with Gasteiger partial charge in [0.2, 0.25) is 0 Å². The SMILES string of the molecule is CCC[C@H]1CO[C@H](CC[C@H]2CO[C@H](CC)OC2)OC1. The zero-order chi connectivity index (χ0) is 13.5. The lowest BCUT2D eigenvalue weighted by Gasteiger charge is -2.32. The van der Waals surface area contributed by atoms with Gasteiger partial charge in [0.05, 0.1) is 26.4 Å². The quantitative estimate of drug-likeness (QED) is 0.745. The van der Waals surface area contributed by atoms with E-state index in [4.69, 9.17) is 18.9 Å². The van der Waals surface area contributed by atoms with Crippen LogP contribution < -0.4 is 0 Å². The molecular formula is C15H28O4. The van der Waals surface area contributed by atoms with Crippen molar-refractivity contribution in [3.05, 3.63) is 0 Å². The van der Waals surface area contributed by atoms with Gasteiger partial charge in [0.15, 0.2) is 12.6 Å². The molecule has 112 valence electrons. The fourth-order valence-electron chi connectivity index (χ4n) is 2.68. The first-order valence-corrected chi connectivity index (χ1v) is 7.78. The van der Waals surface area contributed by atoms with Crippen LogP contribution in [0.1, 0.15) is 46.0 Å². The summed E-state index contributed by atoms with van der Waals surface area (Å²) in [5, 5.41) is 0. The fourth-order valence-corrected chi connectivity index (χ4v) is 2.68. The molecule has 2 saturated heterocycles. The zero-order valence-corrected chi connectivity index (χ0v) is 12.3. The second-order valence-corrected chi connectivity index (χ2v) is 5.70. The van der Waals surface area contributed by atoms with Gasteiger partial charge in [-0.1, -0.05) is 20.3 Å². The summed E-state index contributed by atoms with van der Waals surface area (Å²) < 4.78 is 22.8. The maximum atomic E-state index is 5.77. The maximum Gasteiger partial charge on any atom is 0.157 e. The third-order valence-electron chi connectivity index (χ3n) is 3.91. The van der Waals surface area contributed by atoms with Crippen LogP contribution in [0.3, 0.4) is 0 Å². The van der Waals surface area contributed by atoms with Crippen LogP contribution in [0.5, 0.6) is 0 Å². The van der Waals surface area contributed by atoms with E-state index < -0.39 is 0 Å². The van der Waals surface area contributed by atoms with Crippen LogP contribution >= 0.6 is 0 Å². The Bertz CT molecular complexity index is 230. The number of hydrogen-bond acceptors (Lipinski definition) is 4. The second-order valence-electron chi connectivity index (χ2n) is 5.70. The molecule has 0 aliphatic carbocycles. The first kappa shape index (κ1) is 15.2. The monoisotopic (exact) mass is 272 g/mol. The molecule has 2 aliphatic rings. The van der Waals surface area contributed by atoms with Crippen molar-refractivity contribution in [2.75, 3.05) is 26.4 Å². The Morgan fingerprint density at radius 3 is 1.74 bits per heavy atom. The molecule has 2 aliphatic heterocycles. The lowest BCUT2D eigenvalue weighted by Crippen LogP contribution is -2.35. The summed E-state index contributed by atoms with van der Waals surface area (Å²) in [4.78, 5) is 0. The molecule has 4 nitrogen and oxygen atoms in total. The first-order valence-electron chi connectivity index (χ1n) is 7.78. The van der Waals surface area contributed by atoms with Crippen molar-refractivity contribution in [3.8, 4) is 0 Å². The summed E-state index contributed by atoms with van der Waals surface area (Å²) in [6.45, 7) is 7.62. The largest absolute Gasteiger partial charge is 0.352 e. The highest BCUT2D eigenvalue weighted by atomic mass is 16.7. The van der Waals surface area contributed by atoms with Gasteiger partial charge >= 0.3 is 0 Å². The molecule has 0 unspecified atom stereocenters. The van der Waals surface area contributed by atoms with Crippen molar-refractivity contribution in [3.63, 3.8) is 0 Å². The van der Waals surface area contributed by atoms with E-state index in [2.05, 4.69) is 13.8 Å². The Morgan fingerprint density at radius 1 is 0.684 bits per heavy atom. The Morgan fingerprint density at radius 2 is 1.21 bits per heavy atom. The van der Waals surface area contributed by atoms with E-state index in [1.807, 2.05) is 0 Å². The van der Waals surface area contributed by atoms with Crippen molar-refractivity contribution in [2.45, 2.75) is 58.5 Å². The molecule has 0 aromatic heterocycles. The van der Waals surface area contributed by atoms with Crippen molar-refractivity contribution in [2.24, 2.45) is 11.8 Å². The lowest BCUT2D eigenvalue weighted by atomic mass is 10.0. The summed E-state index contributed by atoms with van der Waals surface area (Å²) >= 11 is 0. The Hall–Kier alpha value is -0.160. The average Bonchev–Trinajstić information content (AvgIpc) is 2.47. The minimum Gasteiger partial charge on any atom is -0.352 e. The standard InChI is InChI=1S/C15H28O4/c1-3-5-12-8-18-15(19-9-12)7-6-13-10-16-14(4-2)17-11-13/h12-15H,3-11H2,1-2H3/t12-,13-,14-,15-. The van der Waals surface area contributed by atoms with Gasteiger partial charge in [0.25, 0.3) is 0 Å². The van der Waals surface area contributed by atoms with Gasteiger partial charge < -0.3 is 18.9 Å². The van der Waals surface area contributed by atoms with Crippen LogP contribution in [-0.4, -0.2) is 39.0 Å². The van der Waals surface area contributed by atoms with Gasteiger partial charge in [-0.15, -0.1) is 0 Å². The summed E-state index contributed by atoms with van der Waals surface area (Å²) in [6, 6.07) is 0. The van der Waals surface area contributed by atoms with Crippen LogP contribution in [-0.2, 0) is 18.9 Å². The molecule has 0 radical (unpaired) electrons. The van der Waals surface area contributed by atoms with Crippen LogP contribution in [0.4, 0.5) is 0 Å². The van der Waals surface area contributed by atoms with E-state index in [0.717, 1.165) is 45.7 Å². The molecule has 0 saturated carbocycles. The van der Waals surface area contributed by atoms with Crippen LogP contribution in [0.25, 0.3) is 0 Å². The predicted molar refractivity (Wildman–Crippen MR) is 72.8 cm³/mol. The number of hydrogen-bond donors (Lipinski definition) is 0. The Kier molecular flexibility index (Phi) is 6.57. The second kappa shape index (κ2) is 8.20. The lowest BCUT2D eigenvalue weighted by molar-refractivity contribution is -0.218. The van der Waals surface area contributed by atoms with E-state index in [1.54, 1.807) is 0 Å². The van der Waals surface area contributed by atoms with Crippen molar-refractivity contribution in [1.82, 2.24) is 0 Å². The molecular weight excluding hydrogens is 244 g/mol. The smallest absolute Gasteiger partial charge is 0.157 e. The van der Waals surface area contributed by atoms with Gasteiger partial charge in [-0.2, -0.15) is 0 Å². The van der Waals surface area contributed by atoms with E-state index in [-0.39, 0.29) is 12.6 Å². The zero-order valence-electron chi connectivity index (χ0n) is 12.3. The maximum absolute atomic E-state index is 5.77. The van der Waals surface area contributed by atoms with Gasteiger partial charge in [-0.25, -0.2) is 0 Å². The summed E-state index contributed by atoms with van der Waals surface area (Å²) in [6.07, 6.45) is 5.34. The van der Waals surface area contributed by atoms with Crippen molar-refractivity contribution < 1.29 is 18.9 Å². The normalized spacial score (nSPS) is 36.3. The highest BCUT2D eigenvalue weighted by Gasteiger charge is 2.25. The van der Waals surface area contributed by atoms with E-state index in [1.165, 1.54) is 12.8 Å². The van der Waals surface area contributed by atoms with Gasteiger partial charge in [-0.05, 0) is 25.7 Å². The molecule has 2 rings (SSSR count). The third-order valence-corrected chi connectivity index (χ3v) is 3.91. The van der Waals surface area contributed by atoms with Gasteiger partial charge in [0, 0.05) is 11.8 Å². The molecule has 0 aromatic carbocycles. The van der Waals surface area contributed by atoms with Crippen LogP contribution in [0.2, 0.25) is 0 Å². The Balaban J connectivity index is 1.57. The van der Waals surface area contributed by atoms with Crippen LogP contribution in [0.15, 0.2) is 0 Å². The van der Waals surface area contributed by atoms with Gasteiger partial charge in [0.1, 0.15) is 0 Å². The molecule has 0 N–H and O–H groups in total. The van der Waals surface area contributed by atoms with Crippen molar-refractivity contribution >= 4 is 0 Å². The van der Waals surface area contributed by atoms with E-state index >= 15 is 0 Å². The molecule has 0 spiro atoms. The number of ether oxygens (including phenoxy) is 4. The molecule has 2 fully saturated rings. The molecule has 0 amide bonds. The third kappa shape index (κ3) is 5.03. The Labute approximate surface area is 116 Å². The predicted octanol–water partition coefficient (Wildman–Crippen LogP) is 2.95. The fraction of sp³-hybridized carbons (Fsp3) is 1.00. The summed E-state index contributed by atoms with van der Waals surface area (Å²) in [7, 11) is 0. The van der Waals surface area contributed by atoms with Gasteiger partial charge in [-0.3, -0.25) is 0 Å². The number of rotatable bonds is 6. The summed E-state index contributed by atoms with van der Waals surface area (Å²) in [5.41, 5.74) is 0. The average molecular weight is 272 g/mol. The highest BCUT2D eigenvalue weighted by Crippen LogP contribution is 2.22. The first-order chi connectivity index (χ1) is 9.31. The molecule has 0 aromatic rings. The van der Waals surface area contributed by atoms with Crippen LogP contribution in [0, 0.1) is 11.8 Å². The molecule has 0 bridgehead atoms. The summed E-state index contributed by atoms with van der Waals surface area (Å²) in [5.74, 6) is 1.08. The molecule has 0 atom stereocenters. The minimum absolute atomic E-state index is 0.00762. The van der Waals surface area contributed by atoms with E-state index in [0.29, 0.717) is 11.8 Å². The minimum atomic E-state index is -0.0167. The molecule has 19 heavy (non-hydrogen) atoms. The van der Waals surface area contributed by atoms with E-state index in [9.17, 15) is 0 Å². The topological polar surface area (TPSA) is 36.9 Å².